The summed E-state index contributed by atoms with van der Waals surface area (Å²) in [5.74, 6) is 2.05. The fraction of sp³-hybridized carbons (Fsp3) is 0.895. The van der Waals surface area contributed by atoms with E-state index in [1.165, 1.54) is 38.5 Å². The summed E-state index contributed by atoms with van der Waals surface area (Å²) in [5.41, 5.74) is 8.25. The average Bonchev–Trinajstić information content (AvgIpc) is 2.34. The number of ether oxygens (including phenoxy) is 1. The smallest absolute Gasteiger partial charge is 0.109 e. The molecule has 0 saturated heterocycles. The zero-order valence-electron chi connectivity index (χ0n) is 13.8. The van der Waals surface area contributed by atoms with Crippen LogP contribution in [0.15, 0.2) is 11.8 Å². The third kappa shape index (κ3) is 2.44. The first-order valence-electron chi connectivity index (χ1n) is 8.98. The van der Waals surface area contributed by atoms with Crippen LogP contribution in [-0.4, -0.2) is 12.6 Å². The molecular weight excluding hydrogens is 258 g/mol. The monoisotopic (exact) mass is 289 g/mol. The third-order valence-electron chi connectivity index (χ3n) is 6.72. The lowest BCUT2D eigenvalue weighted by Crippen LogP contribution is -2.56. The molecule has 0 aromatic rings. The highest BCUT2D eigenvalue weighted by atomic mass is 16.5. The zero-order valence-corrected chi connectivity index (χ0v) is 13.8. The lowest BCUT2D eigenvalue weighted by Gasteiger charge is -2.66. The largest absolute Gasteiger partial charge is 0.497 e. The Bertz CT molecular complexity index is 450. The average molecular weight is 289 g/mol. The second-order valence-corrected chi connectivity index (χ2v) is 9.54. The first-order chi connectivity index (χ1) is 9.90. The van der Waals surface area contributed by atoms with E-state index in [1.807, 2.05) is 0 Å². The lowest BCUT2D eigenvalue weighted by molar-refractivity contribution is -0.149. The van der Waals surface area contributed by atoms with Crippen molar-refractivity contribution in [2.24, 2.45) is 27.9 Å². The number of hydrogen-bond donors (Lipinski definition) is 1. The molecule has 3 atom stereocenters. The van der Waals surface area contributed by atoms with Crippen molar-refractivity contribution in [1.29, 1.82) is 0 Å². The van der Waals surface area contributed by atoms with Gasteiger partial charge in [-0.05, 0) is 86.0 Å². The maximum atomic E-state index is 6.56. The van der Waals surface area contributed by atoms with Gasteiger partial charge in [-0.1, -0.05) is 13.8 Å². The normalized spacial score (nSPS) is 49.7. The molecule has 4 saturated carbocycles. The van der Waals surface area contributed by atoms with Crippen molar-refractivity contribution >= 4 is 0 Å². The van der Waals surface area contributed by atoms with Gasteiger partial charge in [0.1, 0.15) is 5.76 Å². The highest BCUT2D eigenvalue weighted by Gasteiger charge is 2.60. The molecule has 3 unspecified atom stereocenters. The van der Waals surface area contributed by atoms with Crippen molar-refractivity contribution in [3.63, 3.8) is 0 Å². The topological polar surface area (TPSA) is 35.2 Å². The Kier molecular flexibility index (Phi) is 3.03. The highest BCUT2D eigenvalue weighted by Crippen LogP contribution is 2.70. The molecule has 4 fully saturated rings. The molecule has 4 bridgehead atoms. The number of rotatable bonds is 3. The Hall–Kier alpha value is -0.500. The SMILES string of the molecule is CC12CC3CC(C)(C1)CC(CC(N)C1=CCCCO1)(C3)C2. The number of hydrogen-bond acceptors (Lipinski definition) is 2. The number of nitrogens with two attached hydrogens (primary N) is 1. The standard InChI is InChI=1S/C19H31NO/c1-17-7-14-8-18(2,11-17)13-19(9-14,12-17)10-15(20)16-5-3-4-6-21-16/h5,14-15H,3-4,6-13,20H2,1-2H3. The van der Waals surface area contributed by atoms with Gasteiger partial charge in [0.2, 0.25) is 0 Å². The Morgan fingerprint density at radius 3 is 2.48 bits per heavy atom. The molecule has 2 heteroatoms. The Morgan fingerprint density at radius 1 is 1.19 bits per heavy atom. The van der Waals surface area contributed by atoms with Gasteiger partial charge in [-0.15, -0.1) is 0 Å². The molecule has 5 aliphatic rings. The van der Waals surface area contributed by atoms with E-state index in [0.717, 1.165) is 37.5 Å². The third-order valence-corrected chi connectivity index (χ3v) is 6.72. The predicted molar refractivity (Wildman–Crippen MR) is 85.7 cm³/mol. The van der Waals surface area contributed by atoms with Crippen molar-refractivity contribution in [2.75, 3.05) is 6.61 Å². The van der Waals surface area contributed by atoms with E-state index in [2.05, 4.69) is 19.9 Å². The molecule has 1 heterocycles. The van der Waals surface area contributed by atoms with Crippen LogP contribution in [0.2, 0.25) is 0 Å². The van der Waals surface area contributed by atoms with Crippen LogP contribution in [0.25, 0.3) is 0 Å². The first kappa shape index (κ1) is 14.1. The molecule has 0 spiro atoms. The number of allylic oxidation sites excluding steroid dienone is 1. The van der Waals surface area contributed by atoms with Gasteiger partial charge < -0.3 is 10.5 Å². The first-order valence-corrected chi connectivity index (χ1v) is 8.98. The zero-order chi connectivity index (χ0) is 14.7. The van der Waals surface area contributed by atoms with Crippen LogP contribution < -0.4 is 5.73 Å². The molecule has 1 aliphatic heterocycles. The summed E-state index contributed by atoms with van der Waals surface area (Å²) in [6.07, 6.45) is 14.3. The van der Waals surface area contributed by atoms with Crippen molar-refractivity contribution < 1.29 is 4.74 Å². The molecule has 21 heavy (non-hydrogen) atoms. The van der Waals surface area contributed by atoms with Gasteiger partial charge in [0.25, 0.3) is 0 Å². The predicted octanol–water partition coefficient (Wildman–Crippen LogP) is 4.39. The lowest BCUT2D eigenvalue weighted by atomic mass is 9.39. The molecular formula is C19H31NO. The summed E-state index contributed by atoms with van der Waals surface area (Å²) in [7, 11) is 0. The summed E-state index contributed by atoms with van der Waals surface area (Å²) in [4.78, 5) is 0. The molecule has 4 aliphatic carbocycles. The molecule has 5 rings (SSSR count). The fourth-order valence-electron chi connectivity index (χ4n) is 7.31. The molecule has 0 aromatic heterocycles. The van der Waals surface area contributed by atoms with E-state index in [4.69, 9.17) is 10.5 Å². The molecule has 0 amide bonds. The van der Waals surface area contributed by atoms with E-state index >= 15 is 0 Å². The maximum Gasteiger partial charge on any atom is 0.109 e. The van der Waals surface area contributed by atoms with Crippen molar-refractivity contribution in [3.05, 3.63) is 11.8 Å². The molecule has 118 valence electrons. The van der Waals surface area contributed by atoms with Crippen LogP contribution in [0.4, 0.5) is 0 Å². The van der Waals surface area contributed by atoms with Crippen LogP contribution >= 0.6 is 0 Å². The van der Waals surface area contributed by atoms with Crippen molar-refractivity contribution in [3.8, 4) is 0 Å². The van der Waals surface area contributed by atoms with Gasteiger partial charge in [-0.25, -0.2) is 0 Å². The summed E-state index contributed by atoms with van der Waals surface area (Å²) >= 11 is 0. The van der Waals surface area contributed by atoms with E-state index in [0.29, 0.717) is 16.2 Å². The van der Waals surface area contributed by atoms with Crippen LogP contribution in [-0.2, 0) is 4.74 Å². The van der Waals surface area contributed by atoms with Crippen LogP contribution in [0.3, 0.4) is 0 Å². The molecule has 2 nitrogen and oxygen atoms in total. The van der Waals surface area contributed by atoms with Gasteiger partial charge >= 0.3 is 0 Å². The second kappa shape index (κ2) is 4.50. The quantitative estimate of drug-likeness (QED) is 0.836. The Labute approximate surface area is 129 Å². The minimum atomic E-state index is 0.133. The van der Waals surface area contributed by atoms with Gasteiger partial charge in [-0.3, -0.25) is 0 Å². The van der Waals surface area contributed by atoms with E-state index in [9.17, 15) is 0 Å². The molecule has 0 aromatic carbocycles. The van der Waals surface area contributed by atoms with Crippen molar-refractivity contribution in [2.45, 2.75) is 77.7 Å². The van der Waals surface area contributed by atoms with E-state index < -0.39 is 0 Å². The minimum Gasteiger partial charge on any atom is -0.497 e. The van der Waals surface area contributed by atoms with Gasteiger partial charge in [0.05, 0.1) is 12.6 Å². The van der Waals surface area contributed by atoms with Gasteiger partial charge in [0, 0.05) is 0 Å². The molecule has 2 N–H and O–H groups in total. The summed E-state index contributed by atoms with van der Waals surface area (Å²) < 4.78 is 5.84. The second-order valence-electron chi connectivity index (χ2n) is 9.54. The maximum absolute atomic E-state index is 6.56. The van der Waals surface area contributed by atoms with Gasteiger partial charge in [-0.2, -0.15) is 0 Å². The van der Waals surface area contributed by atoms with Gasteiger partial charge in [0.15, 0.2) is 0 Å². The Balaban J connectivity index is 1.55. The summed E-state index contributed by atoms with van der Waals surface area (Å²) in [5, 5.41) is 0. The Morgan fingerprint density at radius 2 is 1.90 bits per heavy atom. The minimum absolute atomic E-state index is 0.133. The van der Waals surface area contributed by atoms with E-state index in [-0.39, 0.29) is 6.04 Å². The van der Waals surface area contributed by atoms with Crippen LogP contribution in [0, 0.1) is 22.2 Å². The van der Waals surface area contributed by atoms with Crippen molar-refractivity contribution in [1.82, 2.24) is 0 Å². The molecule has 0 radical (unpaired) electrons. The summed E-state index contributed by atoms with van der Waals surface area (Å²) in [6, 6.07) is 0.133. The highest BCUT2D eigenvalue weighted by molar-refractivity contribution is 5.14. The summed E-state index contributed by atoms with van der Waals surface area (Å²) in [6.45, 7) is 5.96. The van der Waals surface area contributed by atoms with E-state index in [1.54, 1.807) is 0 Å². The van der Waals surface area contributed by atoms with Crippen LogP contribution in [0.5, 0.6) is 0 Å². The fourth-order valence-corrected chi connectivity index (χ4v) is 7.31. The van der Waals surface area contributed by atoms with Crippen LogP contribution in [0.1, 0.15) is 71.6 Å².